The fourth-order valence-corrected chi connectivity index (χ4v) is 6.06. The van der Waals surface area contributed by atoms with Crippen LogP contribution < -0.4 is 0 Å². The average molecular weight is 373 g/mol. The van der Waals surface area contributed by atoms with Crippen molar-refractivity contribution >= 4 is 34.8 Å². The van der Waals surface area contributed by atoms with E-state index in [4.69, 9.17) is 23.2 Å². The Balaban J connectivity index is 2.41. The third-order valence-corrected chi connectivity index (χ3v) is 7.49. The van der Waals surface area contributed by atoms with E-state index in [-0.39, 0.29) is 17.5 Å². The van der Waals surface area contributed by atoms with Gasteiger partial charge >= 0.3 is 0 Å². The number of hydrogen-bond donors (Lipinski definition) is 2. The minimum Gasteiger partial charge on any atom is -0.380 e. The van der Waals surface area contributed by atoms with E-state index in [0.29, 0.717) is 5.57 Å². The Bertz CT molecular complexity index is 714. The summed E-state index contributed by atoms with van der Waals surface area (Å²) in [5, 5.41) is 22.3. The van der Waals surface area contributed by atoms with E-state index in [1.165, 1.54) is 0 Å². The number of hydrogen-bond acceptors (Lipinski definition) is 4. The fraction of sp³-hybridized carbons (Fsp3) is 0.667. The Hall–Kier alpha value is -0.680. The molecule has 0 saturated heterocycles. The number of alkyl halides is 2. The molecule has 0 spiro atoms. The molecule has 0 aromatic rings. The summed E-state index contributed by atoms with van der Waals surface area (Å²) in [6, 6.07) is 0. The molecule has 2 N–H and O–H groups in total. The van der Waals surface area contributed by atoms with Gasteiger partial charge in [-0.15, -0.1) is 23.2 Å². The van der Waals surface area contributed by atoms with Crippen molar-refractivity contribution in [3.05, 3.63) is 23.3 Å². The first kappa shape index (κ1) is 18.1. The molecule has 0 amide bonds. The number of aliphatic hydroxyl groups is 2. The molecule has 0 radical (unpaired) electrons. The Morgan fingerprint density at radius 3 is 2.08 bits per heavy atom. The second-order valence-corrected chi connectivity index (χ2v) is 8.46. The first-order valence-electron chi connectivity index (χ1n) is 7.99. The van der Waals surface area contributed by atoms with Crippen molar-refractivity contribution in [1.82, 2.24) is 0 Å². The number of allylic oxidation sites excluding steroid dienone is 2. The van der Waals surface area contributed by atoms with Crippen LogP contribution in [0.15, 0.2) is 23.3 Å². The minimum atomic E-state index is -1.85. The van der Waals surface area contributed by atoms with Gasteiger partial charge in [0.1, 0.15) is 11.2 Å². The molecule has 0 aromatic carbocycles. The van der Waals surface area contributed by atoms with Crippen LogP contribution in [0, 0.1) is 22.7 Å². The van der Waals surface area contributed by atoms with E-state index < -0.39 is 39.7 Å². The minimum absolute atomic E-state index is 0.293. The second kappa shape index (κ2) is 4.94. The monoisotopic (exact) mass is 372 g/mol. The van der Waals surface area contributed by atoms with Crippen molar-refractivity contribution in [2.75, 3.05) is 11.8 Å². The Kier molecular flexibility index (Phi) is 3.73. The van der Waals surface area contributed by atoms with Crippen LogP contribution in [-0.2, 0) is 9.59 Å². The van der Waals surface area contributed by atoms with Crippen LogP contribution in [0.3, 0.4) is 0 Å². The Morgan fingerprint density at radius 2 is 1.58 bits per heavy atom. The molecule has 4 unspecified atom stereocenters. The third kappa shape index (κ3) is 1.68. The molecule has 4 rings (SSSR count). The molecule has 6 heteroatoms. The van der Waals surface area contributed by atoms with Crippen LogP contribution >= 0.6 is 23.2 Å². The lowest BCUT2D eigenvalue weighted by molar-refractivity contribution is -0.202. The maximum atomic E-state index is 13.1. The Labute approximate surface area is 151 Å². The lowest BCUT2D eigenvalue weighted by Gasteiger charge is -2.66. The topological polar surface area (TPSA) is 74.6 Å². The van der Waals surface area contributed by atoms with Crippen molar-refractivity contribution in [2.45, 2.75) is 38.9 Å². The predicted octanol–water partition coefficient (Wildman–Crippen LogP) is 2.24. The zero-order valence-corrected chi connectivity index (χ0v) is 15.7. The van der Waals surface area contributed by atoms with Gasteiger partial charge in [-0.25, -0.2) is 0 Å². The van der Waals surface area contributed by atoms with Gasteiger partial charge in [-0.05, 0) is 26.3 Å². The second-order valence-electron chi connectivity index (χ2n) is 7.93. The third-order valence-electron chi connectivity index (χ3n) is 6.67. The molecule has 0 aliphatic heterocycles. The zero-order valence-electron chi connectivity index (χ0n) is 14.2. The van der Waals surface area contributed by atoms with Crippen LogP contribution in [0.2, 0.25) is 0 Å². The van der Waals surface area contributed by atoms with Gasteiger partial charge in [0.05, 0.1) is 17.2 Å². The Morgan fingerprint density at radius 1 is 1.04 bits per heavy atom. The SMILES string of the molecule is CC1=CC2(C)C([C@H]3C(C)=C[C@]2(C)C(=O)C3(O)CCl)C(O)(CCl)C1=O. The standard InChI is InChI=1S/C18H22Cl2O4/c1-9-5-16(4)14(22)17(23,7-19)11(9)12-15(16,3)6-10(2)13(21)18(12,24)8-20/h5-6,11-12,23-24H,7-8H2,1-4H3/t11-,12?,15?,16-,17?,18?/m1/s1. The molecular formula is C18H22Cl2O4. The molecule has 132 valence electrons. The summed E-state index contributed by atoms with van der Waals surface area (Å²) >= 11 is 12.1. The van der Waals surface area contributed by atoms with Crippen molar-refractivity contribution in [1.29, 1.82) is 0 Å². The van der Waals surface area contributed by atoms with Gasteiger partial charge in [0.15, 0.2) is 11.6 Å². The number of halogens is 2. The number of ketones is 2. The molecular weight excluding hydrogens is 351 g/mol. The van der Waals surface area contributed by atoms with Gasteiger partial charge in [-0.3, -0.25) is 9.59 Å². The zero-order chi connectivity index (χ0) is 18.3. The van der Waals surface area contributed by atoms with Gasteiger partial charge in [-0.1, -0.05) is 24.6 Å². The maximum Gasteiger partial charge on any atom is 0.191 e. The van der Waals surface area contributed by atoms with Crippen LogP contribution in [-0.4, -0.2) is 44.7 Å². The van der Waals surface area contributed by atoms with Gasteiger partial charge < -0.3 is 10.2 Å². The summed E-state index contributed by atoms with van der Waals surface area (Å²) in [5.41, 5.74) is -4.45. The smallest absolute Gasteiger partial charge is 0.191 e. The highest BCUT2D eigenvalue weighted by Crippen LogP contribution is 2.68. The highest BCUT2D eigenvalue weighted by Gasteiger charge is 2.75. The van der Waals surface area contributed by atoms with E-state index in [1.807, 2.05) is 13.0 Å². The molecule has 4 aliphatic carbocycles. The largest absolute Gasteiger partial charge is 0.380 e. The molecule has 6 atom stereocenters. The highest BCUT2D eigenvalue weighted by atomic mass is 35.5. The molecule has 1 fully saturated rings. The predicted molar refractivity (Wildman–Crippen MR) is 92.1 cm³/mol. The van der Waals surface area contributed by atoms with Crippen molar-refractivity contribution < 1.29 is 19.8 Å². The summed E-state index contributed by atoms with van der Waals surface area (Å²) in [6.07, 6.45) is 3.62. The summed E-state index contributed by atoms with van der Waals surface area (Å²) in [4.78, 5) is 25.9. The number of Topliss-reactive ketones (excluding diaryl/α,β-unsaturated/α-hetero) is 2. The van der Waals surface area contributed by atoms with Gasteiger partial charge in [0, 0.05) is 17.3 Å². The van der Waals surface area contributed by atoms with E-state index in [0.717, 1.165) is 5.57 Å². The van der Waals surface area contributed by atoms with Crippen molar-refractivity contribution in [3.63, 3.8) is 0 Å². The lowest BCUT2D eigenvalue weighted by Crippen LogP contribution is -2.76. The highest BCUT2D eigenvalue weighted by molar-refractivity contribution is 6.23. The van der Waals surface area contributed by atoms with Crippen LogP contribution in [0.1, 0.15) is 27.7 Å². The van der Waals surface area contributed by atoms with E-state index >= 15 is 0 Å². The molecule has 0 heterocycles. The van der Waals surface area contributed by atoms with Gasteiger partial charge in [-0.2, -0.15) is 0 Å². The van der Waals surface area contributed by atoms with E-state index in [1.54, 1.807) is 26.8 Å². The molecule has 1 saturated carbocycles. The number of carbonyl (C=O) groups excluding carboxylic acids is 2. The quantitative estimate of drug-likeness (QED) is 0.575. The first-order valence-corrected chi connectivity index (χ1v) is 9.06. The van der Waals surface area contributed by atoms with Crippen LogP contribution in [0.4, 0.5) is 0 Å². The number of fused-ring (bicyclic) bond motifs is 1. The number of rotatable bonds is 2. The van der Waals surface area contributed by atoms with Gasteiger partial charge in [0.25, 0.3) is 0 Å². The van der Waals surface area contributed by atoms with E-state index in [2.05, 4.69) is 0 Å². The summed E-state index contributed by atoms with van der Waals surface area (Å²) in [7, 11) is 0. The number of carbonyl (C=O) groups is 2. The molecule has 4 nitrogen and oxygen atoms in total. The molecule has 2 bridgehead atoms. The molecule has 0 aromatic heterocycles. The summed E-state index contributed by atoms with van der Waals surface area (Å²) < 4.78 is 0. The fourth-order valence-electron chi connectivity index (χ4n) is 5.48. The van der Waals surface area contributed by atoms with Crippen molar-refractivity contribution in [3.8, 4) is 0 Å². The first-order chi connectivity index (χ1) is 10.9. The van der Waals surface area contributed by atoms with E-state index in [9.17, 15) is 19.8 Å². The van der Waals surface area contributed by atoms with Crippen LogP contribution in [0.25, 0.3) is 0 Å². The van der Waals surface area contributed by atoms with Crippen LogP contribution in [0.5, 0.6) is 0 Å². The molecule has 4 aliphatic rings. The molecule has 24 heavy (non-hydrogen) atoms. The normalized spacial score (nSPS) is 50.5. The average Bonchev–Trinajstić information content (AvgIpc) is 2.52. The maximum absolute atomic E-state index is 13.1. The summed E-state index contributed by atoms with van der Waals surface area (Å²) in [6.45, 7) is 7.03. The lowest BCUT2D eigenvalue weighted by atomic mass is 9.37. The van der Waals surface area contributed by atoms with Crippen molar-refractivity contribution in [2.24, 2.45) is 22.7 Å². The summed E-state index contributed by atoms with van der Waals surface area (Å²) in [5.74, 6) is -2.90. The van der Waals surface area contributed by atoms with Gasteiger partial charge in [0.2, 0.25) is 0 Å².